The molecule has 0 aromatic rings. The molecule has 7 heteroatoms. The maximum atomic E-state index is 11.3. The summed E-state index contributed by atoms with van der Waals surface area (Å²) in [5.41, 5.74) is 0. The van der Waals surface area contributed by atoms with Crippen molar-refractivity contribution in [3.8, 4) is 0 Å². The third-order valence-corrected chi connectivity index (χ3v) is 8.28. The third kappa shape index (κ3) is 26.6. The number of aliphatic hydroxyl groups excluding tert-OH is 2. The van der Waals surface area contributed by atoms with Crippen molar-refractivity contribution < 1.29 is 28.6 Å². The minimum atomic E-state index is -2.28. The Morgan fingerprint density at radius 1 is 0.730 bits per heavy atom. The van der Waals surface area contributed by atoms with E-state index in [4.69, 9.17) is 5.11 Å². The first-order chi connectivity index (χ1) is 17.6. The number of allylic oxidation sites excluding steroid dienone is 2. The highest BCUT2D eigenvalue weighted by Gasteiger charge is 2.26. The van der Waals surface area contributed by atoms with Crippen molar-refractivity contribution in [1.29, 1.82) is 0 Å². The van der Waals surface area contributed by atoms with Gasteiger partial charge in [0.25, 0.3) is 0 Å². The molecule has 0 fully saturated rings. The predicted molar refractivity (Wildman–Crippen MR) is 156 cm³/mol. The van der Waals surface area contributed by atoms with E-state index in [1.807, 2.05) is 28.1 Å². The molecule has 0 bridgehead atoms. The summed E-state index contributed by atoms with van der Waals surface area (Å²) < 4.78 is 21.7. The van der Waals surface area contributed by atoms with Gasteiger partial charge in [-0.05, 0) is 32.1 Å². The average molecular weight is 547 g/mol. The zero-order chi connectivity index (χ0) is 28.4. The van der Waals surface area contributed by atoms with Gasteiger partial charge in [-0.25, -0.2) is 9.13 Å². The Balaban J connectivity index is 0. The van der Waals surface area contributed by atoms with E-state index in [9.17, 15) is 19.0 Å². The predicted octanol–water partition coefficient (Wildman–Crippen LogP) is 8.11. The summed E-state index contributed by atoms with van der Waals surface area (Å²) >= 11 is 0. The van der Waals surface area contributed by atoms with E-state index in [0.717, 1.165) is 12.8 Å². The summed E-state index contributed by atoms with van der Waals surface area (Å²) in [5, 5.41) is 17.9. The van der Waals surface area contributed by atoms with Gasteiger partial charge in [-0.3, -0.25) is 4.79 Å². The molecule has 0 aliphatic rings. The first-order valence-electron chi connectivity index (χ1n) is 15.0. The summed E-state index contributed by atoms with van der Waals surface area (Å²) in [6.45, 7) is 3.71. The number of hydrogen-bond acceptors (Lipinski definition) is 5. The summed E-state index contributed by atoms with van der Waals surface area (Å²) in [4.78, 5) is 11.3. The molecule has 0 saturated heterocycles. The molecule has 6 nitrogen and oxygen atoms in total. The van der Waals surface area contributed by atoms with Crippen LogP contribution >= 0.6 is 7.68 Å². The van der Waals surface area contributed by atoms with Crippen molar-refractivity contribution in [1.82, 2.24) is 0 Å². The molecule has 0 heterocycles. The summed E-state index contributed by atoms with van der Waals surface area (Å²) in [6, 6.07) is 0. The van der Waals surface area contributed by atoms with E-state index in [1.54, 1.807) is 0 Å². The van der Waals surface area contributed by atoms with Crippen LogP contribution in [0, 0.1) is 0 Å². The lowest BCUT2D eigenvalue weighted by atomic mass is 10.0. The lowest BCUT2D eigenvalue weighted by Crippen LogP contribution is -2.41. The number of ketones is 1. The van der Waals surface area contributed by atoms with Gasteiger partial charge in [0, 0.05) is 12.8 Å². The summed E-state index contributed by atoms with van der Waals surface area (Å²) in [7, 11) is 3.38. The zero-order valence-electron chi connectivity index (χ0n) is 25.0. The Morgan fingerprint density at radius 2 is 1.14 bits per heavy atom. The van der Waals surface area contributed by atoms with Crippen LogP contribution in [0.5, 0.6) is 0 Å². The molecule has 0 rings (SSSR count). The number of carbonyl (C=O) groups excluding carboxylic acids is 1. The van der Waals surface area contributed by atoms with Gasteiger partial charge in [-0.2, -0.15) is 0 Å². The van der Waals surface area contributed by atoms with Crippen molar-refractivity contribution >= 4 is 13.5 Å². The smallest absolute Gasteiger partial charge is 0.375 e. The molecule has 2 atom stereocenters. The largest absolute Gasteiger partial charge is 0.393 e. The number of quaternary nitrogens is 1. The molecule has 0 aliphatic carbocycles. The molecule has 2 unspecified atom stereocenters. The molecule has 2 N–H and O–H groups in total. The Kier molecular flexibility index (Phi) is 27.8. The van der Waals surface area contributed by atoms with Crippen LogP contribution in [0.4, 0.5) is 0 Å². The number of aliphatic hydroxyl groups is 2. The molecular formula is C30H61NO5P+. The van der Waals surface area contributed by atoms with Crippen LogP contribution < -0.4 is 0 Å². The first kappa shape index (κ1) is 38.3. The number of Topliss-reactive ketones (excluding diaryl/α,β-unsaturated/α-hetero) is 1. The highest BCUT2D eigenvalue weighted by atomic mass is 31.1. The fraction of sp³-hybridized carbons (Fsp3) is 0.900. The average Bonchev–Trinajstić information content (AvgIpc) is 2.84. The second-order valence-corrected chi connectivity index (χ2v) is 12.4. The van der Waals surface area contributed by atoms with Crippen LogP contribution in [-0.2, 0) is 13.9 Å². The zero-order valence-corrected chi connectivity index (χ0v) is 25.9. The van der Waals surface area contributed by atoms with Gasteiger partial charge >= 0.3 is 7.68 Å². The van der Waals surface area contributed by atoms with Crippen molar-refractivity contribution in [2.24, 2.45) is 0 Å². The van der Waals surface area contributed by atoms with Crippen LogP contribution in [0.15, 0.2) is 12.2 Å². The number of hydrogen-bond donors (Lipinski definition) is 2. The molecule has 0 aromatic carbocycles. The fourth-order valence-corrected chi connectivity index (χ4v) is 5.19. The molecule has 220 valence electrons. The monoisotopic (exact) mass is 546 g/mol. The van der Waals surface area contributed by atoms with Gasteiger partial charge in [0.1, 0.15) is 6.10 Å². The number of nitrogens with zero attached hydrogens (tertiary/aromatic N) is 1. The molecule has 0 spiro atoms. The minimum Gasteiger partial charge on any atom is -0.393 e. The van der Waals surface area contributed by atoms with E-state index < -0.39 is 20.4 Å². The van der Waals surface area contributed by atoms with E-state index in [0.29, 0.717) is 17.3 Å². The van der Waals surface area contributed by atoms with Crippen LogP contribution in [0.25, 0.3) is 0 Å². The molecule has 0 aromatic heterocycles. The van der Waals surface area contributed by atoms with Gasteiger partial charge in [-0.15, -0.1) is 0 Å². The standard InChI is InChI=1S/C24H46O3.C6H15NO2P/c1-2-3-4-5-6-7-8-9-10-11-12-13-14-15-16-17-18-19-20-21-23(26)24(27)22-25;1-5-6(10(8)9)7(2,3)4/h9-10,24-25,27H,2-8,11-22H2,1H3;6H,5H2,1-4H3/q;+1. The molecular weight excluding hydrogens is 485 g/mol. The quantitative estimate of drug-likeness (QED) is 0.0552. The van der Waals surface area contributed by atoms with Crippen molar-refractivity contribution in [2.75, 3.05) is 27.7 Å². The highest BCUT2D eigenvalue weighted by molar-refractivity contribution is 7.31. The van der Waals surface area contributed by atoms with Crippen molar-refractivity contribution in [3.63, 3.8) is 0 Å². The van der Waals surface area contributed by atoms with Crippen LogP contribution in [-0.4, -0.2) is 60.1 Å². The number of carbonyl (C=O) groups is 1. The summed E-state index contributed by atoms with van der Waals surface area (Å²) in [6.07, 6.45) is 26.4. The summed E-state index contributed by atoms with van der Waals surface area (Å²) in [5.74, 6) is -0.464. The van der Waals surface area contributed by atoms with Gasteiger partial charge in [0.15, 0.2) is 11.6 Å². The number of rotatable bonds is 24. The van der Waals surface area contributed by atoms with E-state index in [2.05, 4.69) is 19.1 Å². The van der Waals surface area contributed by atoms with Crippen molar-refractivity contribution in [3.05, 3.63) is 12.2 Å². The Hall–Kier alpha value is -0.810. The molecule has 0 aliphatic heterocycles. The van der Waals surface area contributed by atoms with Gasteiger partial charge in [0.05, 0.1) is 27.7 Å². The minimum absolute atomic E-state index is 0.224. The molecule has 0 radical (unpaired) electrons. The lowest BCUT2D eigenvalue weighted by Gasteiger charge is -2.28. The van der Waals surface area contributed by atoms with E-state index in [1.165, 1.54) is 96.3 Å². The van der Waals surface area contributed by atoms with Gasteiger partial charge in [-0.1, -0.05) is 103 Å². The fourth-order valence-electron chi connectivity index (χ4n) is 4.33. The maximum Gasteiger partial charge on any atom is 0.375 e. The number of unbranched alkanes of at least 4 members (excludes halogenated alkanes) is 15. The first-order valence-corrected chi connectivity index (χ1v) is 16.3. The molecule has 0 saturated carbocycles. The van der Waals surface area contributed by atoms with Crippen LogP contribution in [0.3, 0.4) is 0 Å². The van der Waals surface area contributed by atoms with Crippen LogP contribution in [0.2, 0.25) is 0 Å². The Bertz CT molecular complexity index is 606. The topological polar surface area (TPSA) is 91.7 Å². The van der Waals surface area contributed by atoms with E-state index in [-0.39, 0.29) is 11.6 Å². The third-order valence-electron chi connectivity index (χ3n) is 6.73. The van der Waals surface area contributed by atoms with Gasteiger partial charge < -0.3 is 14.7 Å². The van der Waals surface area contributed by atoms with Crippen LogP contribution in [0.1, 0.15) is 136 Å². The second-order valence-electron chi connectivity index (χ2n) is 11.2. The SMILES string of the molecule is CCC(P(=O)=O)[N+](C)(C)C.CCCCCCCCC=CCCCCCCCCCCCC(=O)C(O)CO. The molecule has 0 amide bonds. The Morgan fingerprint density at radius 3 is 1.46 bits per heavy atom. The van der Waals surface area contributed by atoms with Crippen molar-refractivity contribution in [2.45, 2.75) is 148 Å². The second kappa shape index (κ2) is 26.8. The van der Waals surface area contributed by atoms with Gasteiger partial charge in [0.2, 0.25) is 0 Å². The molecule has 37 heavy (non-hydrogen) atoms. The Labute approximate surface area is 229 Å². The highest BCUT2D eigenvalue weighted by Crippen LogP contribution is 2.23. The lowest BCUT2D eigenvalue weighted by molar-refractivity contribution is -0.882. The normalized spacial score (nSPS) is 13.3. The van der Waals surface area contributed by atoms with E-state index >= 15 is 0 Å². The maximum absolute atomic E-state index is 11.3.